The zero-order chi connectivity index (χ0) is 26.5. The number of aromatic nitrogens is 2. The van der Waals surface area contributed by atoms with E-state index in [9.17, 15) is 0 Å². The molecule has 1 aromatic heterocycles. The van der Waals surface area contributed by atoms with Gasteiger partial charge >= 0.3 is 0 Å². The van der Waals surface area contributed by atoms with Crippen LogP contribution in [0.4, 0.5) is 0 Å². The van der Waals surface area contributed by atoms with E-state index < -0.39 is 0 Å². The van der Waals surface area contributed by atoms with Crippen molar-refractivity contribution < 1.29 is 0 Å². The van der Waals surface area contributed by atoms with Crippen LogP contribution in [-0.4, -0.2) is 9.97 Å². The molecular weight excluding hydrogens is 484 g/mol. The predicted octanol–water partition coefficient (Wildman–Crippen LogP) is 10.0. The second-order valence-corrected chi connectivity index (χ2v) is 10.2. The molecule has 2 heteroatoms. The summed E-state index contributed by atoms with van der Waals surface area (Å²) in [5.74, 6) is 0.727. The molecule has 0 spiro atoms. The average Bonchev–Trinajstić information content (AvgIpc) is 3.04. The standard InChI is InChI=1S/C38H24N2/c1-3-9-25(10-4-1)34-24-35(40-38(39-34)29-11-5-2-6-12-29)31-16-8-15-30(23-31)32-21-19-28-18-17-26-13-7-14-27-20-22-33(32)37(28)36(26)27/h1-24H. The SMILES string of the molecule is c1ccc(-c2cc(-c3cccc(-c4ccc5ccc6cccc7ccc4c5c67)c3)nc(-c3ccccc3)n2)cc1. The summed E-state index contributed by atoms with van der Waals surface area (Å²) in [6, 6.07) is 51.4. The Balaban J connectivity index is 1.32. The first-order valence-corrected chi connectivity index (χ1v) is 13.6. The molecule has 0 bridgehead atoms. The molecule has 0 unspecified atom stereocenters. The highest BCUT2D eigenvalue weighted by Crippen LogP contribution is 2.40. The van der Waals surface area contributed by atoms with Crippen LogP contribution in [0.1, 0.15) is 0 Å². The van der Waals surface area contributed by atoms with Crippen molar-refractivity contribution in [2.45, 2.75) is 0 Å². The van der Waals surface area contributed by atoms with Gasteiger partial charge in [-0.25, -0.2) is 9.97 Å². The number of nitrogens with zero attached hydrogens (tertiary/aromatic N) is 2. The Labute approximate surface area is 232 Å². The lowest BCUT2D eigenvalue weighted by Gasteiger charge is -2.15. The minimum absolute atomic E-state index is 0.727. The molecule has 8 aromatic rings. The van der Waals surface area contributed by atoms with Crippen molar-refractivity contribution in [2.75, 3.05) is 0 Å². The molecule has 186 valence electrons. The number of benzene rings is 7. The Morgan fingerprint density at radius 2 is 0.900 bits per heavy atom. The van der Waals surface area contributed by atoms with Gasteiger partial charge in [0.15, 0.2) is 5.82 Å². The van der Waals surface area contributed by atoms with E-state index in [1.807, 2.05) is 36.4 Å². The number of hydrogen-bond donors (Lipinski definition) is 0. The van der Waals surface area contributed by atoms with Crippen LogP contribution in [0.2, 0.25) is 0 Å². The first-order valence-electron chi connectivity index (χ1n) is 13.6. The van der Waals surface area contributed by atoms with Gasteiger partial charge in [-0.3, -0.25) is 0 Å². The molecule has 40 heavy (non-hydrogen) atoms. The molecule has 0 fully saturated rings. The molecule has 1 heterocycles. The van der Waals surface area contributed by atoms with Crippen LogP contribution in [0, 0.1) is 0 Å². The highest BCUT2D eigenvalue weighted by atomic mass is 14.9. The fraction of sp³-hybridized carbons (Fsp3) is 0. The minimum Gasteiger partial charge on any atom is -0.228 e. The van der Waals surface area contributed by atoms with Gasteiger partial charge in [-0.2, -0.15) is 0 Å². The third-order valence-corrected chi connectivity index (χ3v) is 7.83. The van der Waals surface area contributed by atoms with Crippen molar-refractivity contribution in [3.8, 4) is 45.0 Å². The van der Waals surface area contributed by atoms with Crippen molar-refractivity contribution in [2.24, 2.45) is 0 Å². The van der Waals surface area contributed by atoms with E-state index in [1.165, 1.54) is 43.4 Å². The Bertz CT molecular complexity index is 2070. The molecule has 0 aliphatic heterocycles. The Morgan fingerprint density at radius 3 is 1.65 bits per heavy atom. The highest BCUT2D eigenvalue weighted by Gasteiger charge is 2.14. The predicted molar refractivity (Wildman–Crippen MR) is 167 cm³/mol. The molecule has 0 radical (unpaired) electrons. The normalized spacial score (nSPS) is 11.5. The quantitative estimate of drug-likeness (QED) is 0.221. The fourth-order valence-electron chi connectivity index (χ4n) is 5.90. The molecule has 0 aliphatic carbocycles. The zero-order valence-corrected chi connectivity index (χ0v) is 21.8. The van der Waals surface area contributed by atoms with Crippen LogP contribution in [0.25, 0.3) is 77.3 Å². The van der Waals surface area contributed by atoms with E-state index in [0.717, 1.165) is 33.9 Å². The smallest absolute Gasteiger partial charge is 0.160 e. The molecule has 0 saturated carbocycles. The molecule has 0 N–H and O–H groups in total. The molecule has 7 aromatic carbocycles. The second kappa shape index (κ2) is 9.14. The molecule has 8 rings (SSSR count). The lowest BCUT2D eigenvalue weighted by atomic mass is 9.89. The third kappa shape index (κ3) is 3.73. The van der Waals surface area contributed by atoms with Crippen LogP contribution in [0.5, 0.6) is 0 Å². The summed E-state index contributed by atoms with van der Waals surface area (Å²) >= 11 is 0. The topological polar surface area (TPSA) is 25.8 Å². The molecule has 0 amide bonds. The molecular formula is C38H24N2. The van der Waals surface area contributed by atoms with Gasteiger partial charge in [-0.1, -0.05) is 133 Å². The first-order chi connectivity index (χ1) is 19.8. The molecule has 0 aliphatic rings. The average molecular weight is 509 g/mol. The van der Waals surface area contributed by atoms with Crippen molar-refractivity contribution in [1.29, 1.82) is 0 Å². The summed E-state index contributed by atoms with van der Waals surface area (Å²) in [6.45, 7) is 0. The van der Waals surface area contributed by atoms with Crippen LogP contribution >= 0.6 is 0 Å². The van der Waals surface area contributed by atoms with E-state index >= 15 is 0 Å². The second-order valence-electron chi connectivity index (χ2n) is 10.2. The maximum Gasteiger partial charge on any atom is 0.160 e. The lowest BCUT2D eigenvalue weighted by Crippen LogP contribution is -1.96. The summed E-state index contributed by atoms with van der Waals surface area (Å²) in [6.07, 6.45) is 0. The Kier molecular flexibility index (Phi) is 5.17. The zero-order valence-electron chi connectivity index (χ0n) is 21.8. The van der Waals surface area contributed by atoms with Crippen molar-refractivity contribution >= 4 is 32.3 Å². The van der Waals surface area contributed by atoms with Gasteiger partial charge in [0.2, 0.25) is 0 Å². The summed E-state index contributed by atoms with van der Waals surface area (Å²) < 4.78 is 0. The van der Waals surface area contributed by atoms with Gasteiger partial charge in [0.1, 0.15) is 0 Å². The van der Waals surface area contributed by atoms with Crippen LogP contribution in [-0.2, 0) is 0 Å². The maximum atomic E-state index is 5.05. The van der Waals surface area contributed by atoms with E-state index in [1.54, 1.807) is 0 Å². The summed E-state index contributed by atoms with van der Waals surface area (Å²) in [5.41, 5.74) is 7.38. The molecule has 2 nitrogen and oxygen atoms in total. The van der Waals surface area contributed by atoms with E-state index in [0.29, 0.717) is 0 Å². The Morgan fingerprint density at radius 1 is 0.350 bits per heavy atom. The van der Waals surface area contributed by atoms with Crippen molar-refractivity contribution in [1.82, 2.24) is 9.97 Å². The van der Waals surface area contributed by atoms with Crippen LogP contribution in [0.15, 0.2) is 146 Å². The lowest BCUT2D eigenvalue weighted by molar-refractivity contribution is 1.18. The largest absolute Gasteiger partial charge is 0.228 e. The third-order valence-electron chi connectivity index (χ3n) is 7.83. The van der Waals surface area contributed by atoms with Gasteiger partial charge in [0, 0.05) is 16.7 Å². The van der Waals surface area contributed by atoms with Crippen molar-refractivity contribution in [3.05, 3.63) is 146 Å². The monoisotopic (exact) mass is 508 g/mol. The minimum atomic E-state index is 0.727. The number of hydrogen-bond acceptors (Lipinski definition) is 2. The molecule has 0 atom stereocenters. The van der Waals surface area contributed by atoms with E-state index in [2.05, 4.69) is 109 Å². The van der Waals surface area contributed by atoms with E-state index in [4.69, 9.17) is 9.97 Å². The van der Waals surface area contributed by atoms with Crippen LogP contribution < -0.4 is 0 Å². The maximum absolute atomic E-state index is 5.05. The summed E-state index contributed by atoms with van der Waals surface area (Å²) in [7, 11) is 0. The van der Waals surface area contributed by atoms with Gasteiger partial charge < -0.3 is 0 Å². The highest BCUT2D eigenvalue weighted by molar-refractivity contribution is 6.25. The first kappa shape index (κ1) is 22.6. The summed E-state index contributed by atoms with van der Waals surface area (Å²) in [5, 5.41) is 7.78. The van der Waals surface area contributed by atoms with E-state index in [-0.39, 0.29) is 0 Å². The van der Waals surface area contributed by atoms with Gasteiger partial charge in [0.05, 0.1) is 11.4 Å². The summed E-state index contributed by atoms with van der Waals surface area (Å²) in [4.78, 5) is 10.0. The van der Waals surface area contributed by atoms with Gasteiger partial charge in [-0.15, -0.1) is 0 Å². The van der Waals surface area contributed by atoms with Gasteiger partial charge in [-0.05, 0) is 55.6 Å². The fourth-order valence-corrected chi connectivity index (χ4v) is 5.90. The van der Waals surface area contributed by atoms with Gasteiger partial charge in [0.25, 0.3) is 0 Å². The molecule has 0 saturated heterocycles. The van der Waals surface area contributed by atoms with Crippen LogP contribution in [0.3, 0.4) is 0 Å². The number of rotatable bonds is 4. The van der Waals surface area contributed by atoms with Crippen molar-refractivity contribution in [3.63, 3.8) is 0 Å². The Hall–Kier alpha value is -5.34.